The van der Waals surface area contributed by atoms with E-state index < -0.39 is 11.7 Å². The fraction of sp³-hybridized carbons (Fsp3) is 0.571. The number of hydrogen-bond acceptors (Lipinski definition) is 5. The van der Waals surface area contributed by atoms with Gasteiger partial charge in [-0.1, -0.05) is 0 Å². The Kier molecular flexibility index (Phi) is 4.44. The van der Waals surface area contributed by atoms with Crippen LogP contribution in [0, 0.1) is 0 Å². The quantitative estimate of drug-likeness (QED) is 0.899. The number of aromatic nitrogens is 1. The average Bonchev–Trinajstić information content (AvgIpc) is 2.38. The molecule has 0 saturated carbocycles. The van der Waals surface area contributed by atoms with Crippen LogP contribution in [0.4, 0.5) is 16.3 Å². The molecule has 1 aliphatic rings. The van der Waals surface area contributed by atoms with E-state index in [1.54, 1.807) is 6.20 Å². The molecule has 6 heteroatoms. The molecule has 0 spiro atoms. The van der Waals surface area contributed by atoms with Crippen molar-refractivity contribution in [3.8, 4) is 0 Å². The minimum Gasteiger partial charge on any atom is -0.444 e. The van der Waals surface area contributed by atoms with E-state index in [9.17, 15) is 4.79 Å². The number of nitrogens with zero attached hydrogens (tertiary/aromatic N) is 2. The summed E-state index contributed by atoms with van der Waals surface area (Å²) in [6.45, 7) is 8.60. The molecule has 110 valence electrons. The first-order valence-electron chi connectivity index (χ1n) is 6.73. The number of anilines is 2. The van der Waals surface area contributed by atoms with Gasteiger partial charge in [-0.15, -0.1) is 0 Å². The molecule has 0 radical (unpaired) electrons. The minimum absolute atomic E-state index is 0.474. The van der Waals surface area contributed by atoms with Gasteiger partial charge in [-0.2, -0.15) is 0 Å². The van der Waals surface area contributed by atoms with Gasteiger partial charge >= 0.3 is 6.09 Å². The average molecular weight is 279 g/mol. The highest BCUT2D eigenvalue weighted by Gasteiger charge is 2.16. The highest BCUT2D eigenvalue weighted by atomic mass is 16.6. The van der Waals surface area contributed by atoms with E-state index in [1.807, 2.05) is 32.9 Å². The molecule has 1 fully saturated rings. The number of carbonyl (C=O) groups is 1. The predicted molar refractivity (Wildman–Crippen MR) is 77.1 cm³/mol. The van der Waals surface area contributed by atoms with Gasteiger partial charge in [0.25, 0.3) is 0 Å². The lowest BCUT2D eigenvalue weighted by Crippen LogP contribution is -2.36. The van der Waals surface area contributed by atoms with Crippen LogP contribution in [0.2, 0.25) is 0 Å². The number of hydrogen-bond donors (Lipinski definition) is 1. The Balaban J connectivity index is 1.92. The number of morpholine rings is 1. The summed E-state index contributed by atoms with van der Waals surface area (Å²) in [5.41, 5.74) is 0.113. The topological polar surface area (TPSA) is 63.7 Å². The molecule has 20 heavy (non-hydrogen) atoms. The molecule has 1 aliphatic heterocycles. The fourth-order valence-corrected chi connectivity index (χ4v) is 1.86. The Labute approximate surface area is 119 Å². The maximum atomic E-state index is 11.6. The molecule has 1 amide bonds. The molecule has 1 aromatic heterocycles. The van der Waals surface area contributed by atoms with E-state index in [4.69, 9.17) is 9.47 Å². The Morgan fingerprint density at radius 1 is 1.35 bits per heavy atom. The standard InChI is InChI=1S/C14H21N3O3/c1-14(2,3)20-13(18)16-11-4-5-12(15-10-11)17-6-8-19-9-7-17/h4-5,10H,6-9H2,1-3H3,(H,16,18). The number of carbonyl (C=O) groups excluding carboxylic acids is 1. The summed E-state index contributed by atoms with van der Waals surface area (Å²) in [7, 11) is 0. The number of ether oxygens (including phenoxy) is 2. The summed E-state index contributed by atoms with van der Waals surface area (Å²) >= 11 is 0. The Morgan fingerprint density at radius 2 is 2.05 bits per heavy atom. The first-order valence-corrected chi connectivity index (χ1v) is 6.73. The van der Waals surface area contributed by atoms with Gasteiger partial charge in [0.2, 0.25) is 0 Å². The first kappa shape index (κ1) is 14.6. The molecule has 2 heterocycles. The highest BCUT2D eigenvalue weighted by Crippen LogP contribution is 2.16. The monoisotopic (exact) mass is 279 g/mol. The van der Waals surface area contributed by atoms with Gasteiger partial charge in [-0.05, 0) is 32.9 Å². The second-order valence-electron chi connectivity index (χ2n) is 5.63. The van der Waals surface area contributed by atoms with Crippen LogP contribution in [-0.4, -0.2) is 43.0 Å². The van der Waals surface area contributed by atoms with E-state index in [0.29, 0.717) is 5.69 Å². The van der Waals surface area contributed by atoms with Crippen molar-refractivity contribution in [3.63, 3.8) is 0 Å². The van der Waals surface area contributed by atoms with Crippen molar-refractivity contribution in [1.82, 2.24) is 4.98 Å². The van der Waals surface area contributed by atoms with Crippen molar-refractivity contribution in [2.24, 2.45) is 0 Å². The number of amides is 1. The zero-order valence-electron chi connectivity index (χ0n) is 12.2. The van der Waals surface area contributed by atoms with Crippen LogP contribution >= 0.6 is 0 Å². The van der Waals surface area contributed by atoms with E-state index in [0.717, 1.165) is 32.1 Å². The maximum absolute atomic E-state index is 11.6. The smallest absolute Gasteiger partial charge is 0.412 e. The van der Waals surface area contributed by atoms with Crippen molar-refractivity contribution in [2.45, 2.75) is 26.4 Å². The molecule has 6 nitrogen and oxygen atoms in total. The molecule has 1 N–H and O–H groups in total. The molecular formula is C14H21N3O3. The van der Waals surface area contributed by atoms with Gasteiger partial charge < -0.3 is 14.4 Å². The Hall–Kier alpha value is -1.82. The third-order valence-corrected chi connectivity index (χ3v) is 2.73. The van der Waals surface area contributed by atoms with Crippen LogP contribution in [0.3, 0.4) is 0 Å². The second-order valence-corrected chi connectivity index (χ2v) is 5.63. The zero-order valence-corrected chi connectivity index (χ0v) is 12.2. The van der Waals surface area contributed by atoms with Crippen LogP contribution in [0.5, 0.6) is 0 Å². The largest absolute Gasteiger partial charge is 0.444 e. The lowest BCUT2D eigenvalue weighted by Gasteiger charge is -2.27. The lowest BCUT2D eigenvalue weighted by molar-refractivity contribution is 0.0636. The van der Waals surface area contributed by atoms with Crippen LogP contribution in [0.1, 0.15) is 20.8 Å². The predicted octanol–water partition coefficient (Wildman–Crippen LogP) is 2.27. The molecule has 0 unspecified atom stereocenters. The van der Waals surface area contributed by atoms with Gasteiger partial charge in [0, 0.05) is 13.1 Å². The van der Waals surface area contributed by atoms with E-state index in [1.165, 1.54) is 0 Å². The van der Waals surface area contributed by atoms with Crippen molar-refractivity contribution in [1.29, 1.82) is 0 Å². The molecule has 0 bridgehead atoms. The van der Waals surface area contributed by atoms with Gasteiger partial charge in [-0.25, -0.2) is 9.78 Å². The molecule has 1 aromatic rings. The first-order chi connectivity index (χ1) is 9.44. The van der Waals surface area contributed by atoms with Crippen LogP contribution < -0.4 is 10.2 Å². The summed E-state index contributed by atoms with van der Waals surface area (Å²) in [5, 5.41) is 2.66. The fourth-order valence-electron chi connectivity index (χ4n) is 1.86. The Bertz CT molecular complexity index is 448. The molecule has 0 aliphatic carbocycles. The van der Waals surface area contributed by atoms with Crippen LogP contribution in [0.15, 0.2) is 18.3 Å². The summed E-state index contributed by atoms with van der Waals surface area (Å²) in [4.78, 5) is 18.1. The van der Waals surface area contributed by atoms with Crippen molar-refractivity contribution in [3.05, 3.63) is 18.3 Å². The SMILES string of the molecule is CC(C)(C)OC(=O)Nc1ccc(N2CCOCC2)nc1. The molecule has 0 atom stereocenters. The molecular weight excluding hydrogens is 258 g/mol. The van der Waals surface area contributed by atoms with Crippen LogP contribution in [0.25, 0.3) is 0 Å². The lowest BCUT2D eigenvalue weighted by atomic mass is 10.2. The summed E-state index contributed by atoms with van der Waals surface area (Å²) < 4.78 is 10.5. The summed E-state index contributed by atoms with van der Waals surface area (Å²) in [6.07, 6.45) is 1.16. The number of rotatable bonds is 2. The third-order valence-electron chi connectivity index (χ3n) is 2.73. The van der Waals surface area contributed by atoms with Crippen molar-refractivity contribution >= 4 is 17.6 Å². The Morgan fingerprint density at radius 3 is 2.60 bits per heavy atom. The van der Waals surface area contributed by atoms with Crippen molar-refractivity contribution in [2.75, 3.05) is 36.5 Å². The van der Waals surface area contributed by atoms with Crippen molar-refractivity contribution < 1.29 is 14.3 Å². The van der Waals surface area contributed by atoms with Gasteiger partial charge in [0.05, 0.1) is 25.1 Å². The molecule has 1 saturated heterocycles. The van der Waals surface area contributed by atoms with E-state index in [-0.39, 0.29) is 0 Å². The zero-order chi connectivity index (χ0) is 14.6. The number of pyridine rings is 1. The number of nitrogens with one attached hydrogen (secondary N) is 1. The van der Waals surface area contributed by atoms with E-state index in [2.05, 4.69) is 15.2 Å². The summed E-state index contributed by atoms with van der Waals surface area (Å²) in [5.74, 6) is 0.892. The van der Waals surface area contributed by atoms with Gasteiger partial charge in [-0.3, -0.25) is 5.32 Å². The summed E-state index contributed by atoms with van der Waals surface area (Å²) in [6, 6.07) is 3.71. The van der Waals surface area contributed by atoms with Crippen LogP contribution in [-0.2, 0) is 9.47 Å². The third kappa shape index (κ3) is 4.38. The second kappa shape index (κ2) is 6.09. The molecule has 2 rings (SSSR count). The van der Waals surface area contributed by atoms with E-state index >= 15 is 0 Å². The maximum Gasteiger partial charge on any atom is 0.412 e. The minimum atomic E-state index is -0.509. The van der Waals surface area contributed by atoms with Gasteiger partial charge in [0.15, 0.2) is 0 Å². The molecule has 0 aromatic carbocycles. The van der Waals surface area contributed by atoms with Gasteiger partial charge in [0.1, 0.15) is 11.4 Å². The normalized spacial score (nSPS) is 15.8. The highest BCUT2D eigenvalue weighted by molar-refractivity contribution is 5.84.